The Morgan fingerprint density at radius 3 is 2.35 bits per heavy atom. The Labute approximate surface area is 121 Å². The molecule has 1 aliphatic rings. The number of nitrogens with zero attached hydrogens (tertiary/aromatic N) is 1. The second-order valence-electron chi connectivity index (χ2n) is 5.91. The topological polar surface area (TPSA) is 3.24 Å². The van der Waals surface area contributed by atoms with E-state index in [1.807, 2.05) is 0 Å². The molecule has 0 spiro atoms. The van der Waals surface area contributed by atoms with Gasteiger partial charge in [0.2, 0.25) is 0 Å². The van der Waals surface area contributed by atoms with Gasteiger partial charge in [-0.15, -0.1) is 0 Å². The zero-order chi connectivity index (χ0) is 14.1. The van der Waals surface area contributed by atoms with E-state index in [-0.39, 0.29) is 0 Å². The van der Waals surface area contributed by atoms with Gasteiger partial charge < -0.3 is 4.90 Å². The van der Waals surface area contributed by atoms with Gasteiger partial charge in [0, 0.05) is 12.5 Å². The summed E-state index contributed by atoms with van der Waals surface area (Å²) < 4.78 is 0. The standard InChI is InChI=1S/C19H21N/c1-14-8-9-16-11-10-15-6-4-5-7-17(15)19(13-20(2)3)18(16)12-14/h4-12,19H,13H2,1-3H3. The van der Waals surface area contributed by atoms with Crippen LogP contribution in [-0.4, -0.2) is 25.5 Å². The lowest BCUT2D eigenvalue weighted by Crippen LogP contribution is -2.22. The zero-order valence-corrected chi connectivity index (χ0v) is 12.4. The van der Waals surface area contributed by atoms with Crippen molar-refractivity contribution in [2.45, 2.75) is 12.8 Å². The van der Waals surface area contributed by atoms with E-state index in [2.05, 4.69) is 80.5 Å². The molecule has 2 aromatic rings. The van der Waals surface area contributed by atoms with Crippen LogP contribution in [0.5, 0.6) is 0 Å². The normalized spacial score (nSPS) is 16.7. The van der Waals surface area contributed by atoms with Gasteiger partial charge in [-0.2, -0.15) is 0 Å². The van der Waals surface area contributed by atoms with E-state index in [1.165, 1.54) is 27.8 Å². The maximum atomic E-state index is 2.34. The number of likely N-dealkylation sites (N-methyl/N-ethyl adjacent to an activating group) is 1. The van der Waals surface area contributed by atoms with Crippen LogP contribution >= 0.6 is 0 Å². The highest BCUT2D eigenvalue weighted by Crippen LogP contribution is 2.35. The second kappa shape index (κ2) is 5.26. The molecule has 0 N–H and O–H groups in total. The van der Waals surface area contributed by atoms with E-state index in [4.69, 9.17) is 0 Å². The molecule has 20 heavy (non-hydrogen) atoms. The van der Waals surface area contributed by atoms with E-state index in [0.717, 1.165) is 6.54 Å². The third kappa shape index (κ3) is 2.41. The van der Waals surface area contributed by atoms with Crippen molar-refractivity contribution in [2.75, 3.05) is 20.6 Å². The smallest absolute Gasteiger partial charge is 0.0228 e. The summed E-state index contributed by atoms with van der Waals surface area (Å²) in [7, 11) is 4.30. The van der Waals surface area contributed by atoms with Crippen molar-refractivity contribution in [3.8, 4) is 0 Å². The molecule has 0 bridgehead atoms. The summed E-state index contributed by atoms with van der Waals surface area (Å²) in [6.45, 7) is 3.21. The van der Waals surface area contributed by atoms with Gasteiger partial charge >= 0.3 is 0 Å². The molecule has 0 saturated carbocycles. The van der Waals surface area contributed by atoms with Crippen molar-refractivity contribution in [3.05, 3.63) is 70.3 Å². The summed E-state index contributed by atoms with van der Waals surface area (Å²) in [5.74, 6) is 0.436. The number of rotatable bonds is 2. The molecular formula is C19H21N. The van der Waals surface area contributed by atoms with Gasteiger partial charge in [0.25, 0.3) is 0 Å². The van der Waals surface area contributed by atoms with Crippen molar-refractivity contribution in [1.29, 1.82) is 0 Å². The third-order valence-corrected chi connectivity index (χ3v) is 3.98. The fourth-order valence-electron chi connectivity index (χ4n) is 3.04. The van der Waals surface area contributed by atoms with Crippen molar-refractivity contribution in [2.24, 2.45) is 0 Å². The highest BCUT2D eigenvalue weighted by Gasteiger charge is 2.21. The summed E-state index contributed by atoms with van der Waals surface area (Å²) in [4.78, 5) is 2.28. The molecule has 102 valence electrons. The van der Waals surface area contributed by atoms with Crippen LogP contribution in [0, 0.1) is 6.92 Å². The highest BCUT2D eigenvalue weighted by molar-refractivity contribution is 5.76. The number of aryl methyl sites for hydroxylation is 1. The number of benzene rings is 2. The van der Waals surface area contributed by atoms with Crippen molar-refractivity contribution < 1.29 is 0 Å². The minimum absolute atomic E-state index is 0.436. The molecule has 0 radical (unpaired) electrons. The molecule has 1 unspecified atom stereocenters. The SMILES string of the molecule is Cc1ccc2c(c1)C(CN(C)C)c1ccccc1C=C2. The van der Waals surface area contributed by atoms with E-state index in [9.17, 15) is 0 Å². The Morgan fingerprint density at radius 2 is 1.60 bits per heavy atom. The van der Waals surface area contributed by atoms with E-state index < -0.39 is 0 Å². The Hall–Kier alpha value is -1.86. The maximum absolute atomic E-state index is 2.34. The minimum Gasteiger partial charge on any atom is -0.308 e. The molecule has 1 nitrogen and oxygen atoms in total. The Kier molecular flexibility index (Phi) is 3.45. The minimum atomic E-state index is 0.436. The molecule has 1 heteroatoms. The maximum Gasteiger partial charge on any atom is 0.0228 e. The third-order valence-electron chi connectivity index (χ3n) is 3.98. The molecule has 0 aliphatic heterocycles. The van der Waals surface area contributed by atoms with E-state index in [1.54, 1.807) is 0 Å². The number of hydrogen-bond acceptors (Lipinski definition) is 1. The molecule has 0 saturated heterocycles. The lowest BCUT2D eigenvalue weighted by atomic mass is 9.86. The van der Waals surface area contributed by atoms with Crippen LogP contribution < -0.4 is 0 Å². The van der Waals surface area contributed by atoms with Crippen LogP contribution in [0.4, 0.5) is 0 Å². The average molecular weight is 263 g/mol. The lowest BCUT2D eigenvalue weighted by Gasteiger charge is -2.24. The van der Waals surface area contributed by atoms with Gasteiger partial charge in [-0.3, -0.25) is 0 Å². The van der Waals surface area contributed by atoms with Crippen molar-refractivity contribution in [1.82, 2.24) is 4.90 Å². The van der Waals surface area contributed by atoms with Crippen LogP contribution in [0.1, 0.15) is 33.7 Å². The highest BCUT2D eigenvalue weighted by atomic mass is 15.1. The van der Waals surface area contributed by atoms with Gasteiger partial charge in [-0.05, 0) is 43.3 Å². The zero-order valence-electron chi connectivity index (χ0n) is 12.4. The molecule has 0 heterocycles. The van der Waals surface area contributed by atoms with Crippen LogP contribution in [-0.2, 0) is 0 Å². The summed E-state index contributed by atoms with van der Waals surface area (Å²) in [6.07, 6.45) is 4.50. The molecule has 3 rings (SSSR count). The first kappa shape index (κ1) is 13.1. The molecule has 1 aliphatic carbocycles. The van der Waals surface area contributed by atoms with Crippen molar-refractivity contribution in [3.63, 3.8) is 0 Å². The first-order chi connectivity index (χ1) is 9.65. The van der Waals surface area contributed by atoms with E-state index in [0.29, 0.717) is 5.92 Å². The summed E-state index contributed by atoms with van der Waals surface area (Å²) in [5, 5.41) is 0. The van der Waals surface area contributed by atoms with Crippen LogP contribution in [0.15, 0.2) is 42.5 Å². The monoisotopic (exact) mass is 263 g/mol. The Morgan fingerprint density at radius 1 is 0.900 bits per heavy atom. The second-order valence-corrected chi connectivity index (χ2v) is 5.91. The largest absolute Gasteiger partial charge is 0.308 e. The Balaban J connectivity index is 2.20. The summed E-state index contributed by atoms with van der Waals surface area (Å²) in [5.41, 5.74) is 6.90. The van der Waals surface area contributed by atoms with Gasteiger partial charge in [-0.25, -0.2) is 0 Å². The average Bonchev–Trinajstić information content (AvgIpc) is 2.57. The first-order valence-electron chi connectivity index (χ1n) is 7.17. The Bertz CT molecular complexity index is 653. The number of hydrogen-bond donors (Lipinski definition) is 0. The van der Waals surface area contributed by atoms with Gasteiger partial charge in [0.15, 0.2) is 0 Å². The van der Waals surface area contributed by atoms with Gasteiger partial charge in [0.1, 0.15) is 0 Å². The fraction of sp³-hybridized carbons (Fsp3) is 0.263. The van der Waals surface area contributed by atoms with Crippen LogP contribution in [0.25, 0.3) is 12.2 Å². The molecule has 1 atom stereocenters. The lowest BCUT2D eigenvalue weighted by molar-refractivity contribution is 0.392. The summed E-state index contributed by atoms with van der Waals surface area (Å²) in [6, 6.07) is 15.5. The van der Waals surface area contributed by atoms with Gasteiger partial charge in [0.05, 0.1) is 0 Å². The molecule has 0 amide bonds. The van der Waals surface area contributed by atoms with Crippen LogP contribution in [0.3, 0.4) is 0 Å². The quantitative estimate of drug-likeness (QED) is 0.786. The predicted octanol–water partition coefficient (Wildman–Crippen LogP) is 4.17. The molecular weight excluding hydrogens is 242 g/mol. The molecule has 0 aromatic heterocycles. The first-order valence-corrected chi connectivity index (χ1v) is 7.17. The summed E-state index contributed by atoms with van der Waals surface area (Å²) >= 11 is 0. The van der Waals surface area contributed by atoms with Gasteiger partial charge in [-0.1, -0.05) is 60.2 Å². The van der Waals surface area contributed by atoms with Crippen LogP contribution in [0.2, 0.25) is 0 Å². The van der Waals surface area contributed by atoms with E-state index >= 15 is 0 Å². The fourth-order valence-corrected chi connectivity index (χ4v) is 3.04. The molecule has 0 fully saturated rings. The number of fused-ring (bicyclic) bond motifs is 2. The predicted molar refractivity (Wildman–Crippen MR) is 86.9 cm³/mol. The van der Waals surface area contributed by atoms with Crippen molar-refractivity contribution >= 4 is 12.2 Å². The molecule has 2 aromatic carbocycles.